The Morgan fingerprint density at radius 1 is 1.43 bits per heavy atom. The summed E-state index contributed by atoms with van der Waals surface area (Å²) in [6, 6.07) is 3.09. The highest BCUT2D eigenvalue weighted by Crippen LogP contribution is 2.42. The summed E-state index contributed by atoms with van der Waals surface area (Å²) in [6.07, 6.45) is 0.718. The molecule has 0 aliphatic heterocycles. The molecule has 2 rings (SSSR count). The van der Waals surface area contributed by atoms with Gasteiger partial charge >= 0.3 is 6.18 Å². The number of amides is 1. The number of carbonyl (C=O) groups excluding carboxylic acids is 1. The van der Waals surface area contributed by atoms with E-state index >= 15 is 0 Å². The number of carbonyl (C=O) groups is 1. The van der Waals surface area contributed by atoms with Gasteiger partial charge in [0.25, 0.3) is 5.91 Å². The SMILES string of the molecule is CSC1(CNC(=O)c2cc(C(F)(F)F)ccc2Br)CCC1. The maximum atomic E-state index is 12.7. The van der Waals surface area contributed by atoms with Gasteiger partial charge in [0.05, 0.1) is 11.1 Å². The second-order valence-corrected chi connectivity index (χ2v) is 7.24. The summed E-state index contributed by atoms with van der Waals surface area (Å²) in [5.41, 5.74) is -0.806. The van der Waals surface area contributed by atoms with Gasteiger partial charge < -0.3 is 5.32 Å². The van der Waals surface area contributed by atoms with Gasteiger partial charge in [0.1, 0.15) is 0 Å². The fourth-order valence-electron chi connectivity index (χ4n) is 2.24. The molecule has 1 amide bonds. The number of hydrogen-bond donors (Lipinski definition) is 1. The van der Waals surface area contributed by atoms with Crippen molar-refractivity contribution in [2.75, 3.05) is 12.8 Å². The van der Waals surface area contributed by atoms with Crippen molar-refractivity contribution < 1.29 is 18.0 Å². The van der Waals surface area contributed by atoms with Gasteiger partial charge in [0.2, 0.25) is 0 Å². The van der Waals surface area contributed by atoms with Gasteiger partial charge in [-0.1, -0.05) is 6.42 Å². The molecule has 0 atom stereocenters. The number of rotatable bonds is 4. The van der Waals surface area contributed by atoms with Crippen LogP contribution < -0.4 is 5.32 Å². The van der Waals surface area contributed by atoms with E-state index in [1.165, 1.54) is 6.07 Å². The molecule has 1 saturated carbocycles. The van der Waals surface area contributed by atoms with Crippen LogP contribution in [-0.2, 0) is 6.18 Å². The van der Waals surface area contributed by atoms with Gasteiger partial charge in [0, 0.05) is 15.8 Å². The lowest BCUT2D eigenvalue weighted by atomic mass is 9.84. The smallest absolute Gasteiger partial charge is 0.351 e. The molecule has 0 radical (unpaired) electrons. The predicted octanol–water partition coefficient (Wildman–Crippen LogP) is 4.48. The fraction of sp³-hybridized carbons (Fsp3) is 0.500. The average molecular weight is 382 g/mol. The van der Waals surface area contributed by atoms with Crippen molar-refractivity contribution in [2.45, 2.75) is 30.2 Å². The molecule has 1 N–H and O–H groups in total. The zero-order chi connectivity index (χ0) is 15.7. The predicted molar refractivity (Wildman–Crippen MR) is 81.6 cm³/mol. The molecule has 0 heterocycles. The van der Waals surface area contributed by atoms with Gasteiger partial charge in [-0.25, -0.2) is 0 Å². The first-order valence-electron chi connectivity index (χ1n) is 6.47. The minimum atomic E-state index is -4.45. The average Bonchev–Trinajstić information content (AvgIpc) is 2.36. The van der Waals surface area contributed by atoms with Crippen LogP contribution in [0.4, 0.5) is 13.2 Å². The van der Waals surface area contributed by atoms with Crippen LogP contribution in [0.25, 0.3) is 0 Å². The van der Waals surface area contributed by atoms with E-state index in [1.54, 1.807) is 11.8 Å². The molecule has 0 saturated heterocycles. The Balaban J connectivity index is 2.11. The summed E-state index contributed by atoms with van der Waals surface area (Å²) in [7, 11) is 0. The van der Waals surface area contributed by atoms with Gasteiger partial charge in [-0.15, -0.1) is 0 Å². The van der Waals surface area contributed by atoms with Crippen LogP contribution in [0.3, 0.4) is 0 Å². The fourth-order valence-corrected chi connectivity index (χ4v) is 3.58. The van der Waals surface area contributed by atoms with E-state index in [0.29, 0.717) is 11.0 Å². The van der Waals surface area contributed by atoms with Crippen molar-refractivity contribution in [2.24, 2.45) is 0 Å². The van der Waals surface area contributed by atoms with E-state index in [0.717, 1.165) is 31.4 Å². The molecule has 0 spiro atoms. The van der Waals surface area contributed by atoms with E-state index in [1.807, 2.05) is 6.26 Å². The lowest BCUT2D eigenvalue weighted by molar-refractivity contribution is -0.137. The zero-order valence-electron chi connectivity index (χ0n) is 11.4. The Kier molecular flexibility index (Phi) is 4.92. The van der Waals surface area contributed by atoms with E-state index in [-0.39, 0.29) is 10.3 Å². The number of thioether (sulfide) groups is 1. The van der Waals surface area contributed by atoms with Crippen molar-refractivity contribution in [1.29, 1.82) is 0 Å². The third kappa shape index (κ3) is 3.74. The van der Waals surface area contributed by atoms with Crippen molar-refractivity contribution >= 4 is 33.6 Å². The largest absolute Gasteiger partial charge is 0.416 e. The molecule has 116 valence electrons. The second kappa shape index (κ2) is 6.20. The third-order valence-electron chi connectivity index (χ3n) is 3.81. The molecule has 0 aromatic heterocycles. The Labute approximate surface area is 134 Å². The maximum absolute atomic E-state index is 12.7. The molecule has 0 unspecified atom stereocenters. The van der Waals surface area contributed by atoms with Crippen LogP contribution in [0.2, 0.25) is 0 Å². The van der Waals surface area contributed by atoms with Gasteiger partial charge in [-0.3, -0.25) is 4.79 Å². The van der Waals surface area contributed by atoms with Crippen LogP contribution in [0, 0.1) is 0 Å². The minimum absolute atomic E-state index is 0.0143. The summed E-state index contributed by atoms with van der Waals surface area (Å²) < 4.78 is 38.5. The molecule has 0 bridgehead atoms. The topological polar surface area (TPSA) is 29.1 Å². The normalized spacial score (nSPS) is 17.2. The molecule has 21 heavy (non-hydrogen) atoms. The highest BCUT2D eigenvalue weighted by atomic mass is 79.9. The van der Waals surface area contributed by atoms with E-state index < -0.39 is 17.6 Å². The Morgan fingerprint density at radius 2 is 2.10 bits per heavy atom. The monoisotopic (exact) mass is 381 g/mol. The maximum Gasteiger partial charge on any atom is 0.416 e. The molecular formula is C14H15BrF3NOS. The third-order valence-corrected chi connectivity index (χ3v) is 5.92. The second-order valence-electron chi connectivity index (χ2n) is 5.12. The molecule has 1 aromatic carbocycles. The Morgan fingerprint density at radius 3 is 2.57 bits per heavy atom. The van der Waals surface area contributed by atoms with Crippen LogP contribution in [0.1, 0.15) is 35.2 Å². The van der Waals surface area contributed by atoms with Crippen LogP contribution in [-0.4, -0.2) is 23.5 Å². The first kappa shape index (κ1) is 16.7. The zero-order valence-corrected chi connectivity index (χ0v) is 13.8. The van der Waals surface area contributed by atoms with Gasteiger partial charge in [0.15, 0.2) is 0 Å². The first-order valence-corrected chi connectivity index (χ1v) is 8.49. The number of alkyl halides is 3. The number of benzene rings is 1. The standard InChI is InChI=1S/C14H15BrF3NOS/c1-21-13(5-2-6-13)8-19-12(20)10-7-9(14(16,17)18)3-4-11(10)15/h3-4,7H,2,5-6,8H2,1H3,(H,19,20). The van der Waals surface area contributed by atoms with Crippen LogP contribution >= 0.6 is 27.7 Å². The van der Waals surface area contributed by atoms with E-state index in [9.17, 15) is 18.0 Å². The highest BCUT2D eigenvalue weighted by molar-refractivity contribution is 9.10. The summed E-state index contributed by atoms with van der Waals surface area (Å²) in [5, 5.41) is 2.76. The summed E-state index contributed by atoms with van der Waals surface area (Å²) in [4.78, 5) is 12.1. The molecular weight excluding hydrogens is 367 g/mol. The lowest BCUT2D eigenvalue weighted by Gasteiger charge is -2.40. The molecule has 1 aliphatic rings. The highest BCUT2D eigenvalue weighted by Gasteiger charge is 2.37. The molecule has 1 aliphatic carbocycles. The minimum Gasteiger partial charge on any atom is -0.351 e. The molecule has 2 nitrogen and oxygen atoms in total. The molecule has 7 heteroatoms. The Hall–Kier alpha value is -0.690. The van der Waals surface area contributed by atoms with Crippen molar-refractivity contribution in [3.8, 4) is 0 Å². The van der Waals surface area contributed by atoms with E-state index in [4.69, 9.17) is 0 Å². The van der Waals surface area contributed by atoms with Gasteiger partial charge in [-0.2, -0.15) is 24.9 Å². The lowest BCUT2D eigenvalue weighted by Crippen LogP contribution is -2.45. The van der Waals surface area contributed by atoms with Crippen LogP contribution in [0.5, 0.6) is 0 Å². The molecule has 1 fully saturated rings. The summed E-state index contributed by atoms with van der Waals surface area (Å²) in [6.45, 7) is 0.482. The summed E-state index contributed by atoms with van der Waals surface area (Å²) in [5.74, 6) is -0.478. The van der Waals surface area contributed by atoms with Crippen molar-refractivity contribution in [3.05, 3.63) is 33.8 Å². The van der Waals surface area contributed by atoms with Crippen molar-refractivity contribution in [1.82, 2.24) is 5.32 Å². The summed E-state index contributed by atoms with van der Waals surface area (Å²) >= 11 is 4.83. The number of hydrogen-bond acceptors (Lipinski definition) is 2. The Bertz CT molecular complexity index is 538. The number of halogens is 4. The van der Waals surface area contributed by atoms with Crippen LogP contribution in [0.15, 0.2) is 22.7 Å². The van der Waals surface area contributed by atoms with Crippen molar-refractivity contribution in [3.63, 3.8) is 0 Å². The van der Waals surface area contributed by atoms with Gasteiger partial charge in [-0.05, 0) is 53.2 Å². The quantitative estimate of drug-likeness (QED) is 0.832. The first-order chi connectivity index (χ1) is 9.77. The number of nitrogens with one attached hydrogen (secondary N) is 1. The van der Waals surface area contributed by atoms with E-state index in [2.05, 4.69) is 21.2 Å². The molecule has 1 aromatic rings.